The van der Waals surface area contributed by atoms with Gasteiger partial charge in [-0.05, 0) is 42.7 Å². The van der Waals surface area contributed by atoms with Crippen molar-refractivity contribution >= 4 is 23.3 Å². The third-order valence-corrected chi connectivity index (χ3v) is 5.89. The lowest BCUT2D eigenvalue weighted by molar-refractivity contribution is -0.114. The fourth-order valence-corrected chi connectivity index (χ4v) is 3.80. The van der Waals surface area contributed by atoms with Crippen LogP contribution in [0.3, 0.4) is 0 Å². The van der Waals surface area contributed by atoms with Crippen molar-refractivity contribution in [3.63, 3.8) is 0 Å². The van der Waals surface area contributed by atoms with Gasteiger partial charge in [0.05, 0.1) is 31.0 Å². The van der Waals surface area contributed by atoms with Gasteiger partial charge in [0.25, 0.3) is 11.8 Å². The van der Waals surface area contributed by atoms with Crippen molar-refractivity contribution in [3.05, 3.63) is 70.5 Å². The summed E-state index contributed by atoms with van der Waals surface area (Å²) in [7, 11) is 1.41. The highest BCUT2D eigenvalue weighted by molar-refractivity contribution is 6.24. The Morgan fingerprint density at radius 2 is 1.91 bits per heavy atom. The van der Waals surface area contributed by atoms with E-state index >= 15 is 0 Å². The van der Waals surface area contributed by atoms with Crippen molar-refractivity contribution < 1.29 is 23.5 Å². The van der Waals surface area contributed by atoms with Crippen molar-refractivity contribution in [2.75, 3.05) is 20.3 Å². The summed E-state index contributed by atoms with van der Waals surface area (Å²) in [6.07, 6.45) is 0.868. The van der Waals surface area contributed by atoms with E-state index in [9.17, 15) is 14.0 Å². The molecule has 0 bridgehead atoms. The number of hydrogen-bond acceptors (Lipinski definition) is 6. The van der Waals surface area contributed by atoms with Crippen LogP contribution in [0, 0.1) is 11.7 Å². The summed E-state index contributed by atoms with van der Waals surface area (Å²) in [5, 5.41) is 2.72. The molecular formula is C25H30FN5O4. The minimum absolute atomic E-state index is 0.0187. The molecule has 2 aromatic rings. The lowest BCUT2D eigenvalue weighted by atomic mass is 10.0. The van der Waals surface area contributed by atoms with E-state index in [-0.39, 0.29) is 46.9 Å². The van der Waals surface area contributed by atoms with Crippen molar-refractivity contribution in [1.82, 2.24) is 5.32 Å². The Hall–Kier alpha value is -3.92. The van der Waals surface area contributed by atoms with Gasteiger partial charge in [-0.15, -0.1) is 0 Å². The summed E-state index contributed by atoms with van der Waals surface area (Å²) in [6.45, 7) is 3.35. The number of amidine groups is 1. The summed E-state index contributed by atoms with van der Waals surface area (Å²) >= 11 is 0. The van der Waals surface area contributed by atoms with E-state index in [0.29, 0.717) is 18.8 Å². The van der Waals surface area contributed by atoms with Gasteiger partial charge in [-0.1, -0.05) is 24.3 Å². The summed E-state index contributed by atoms with van der Waals surface area (Å²) in [4.78, 5) is 29.0. The molecule has 1 aliphatic heterocycles. The van der Waals surface area contributed by atoms with Gasteiger partial charge in [0.15, 0.2) is 0 Å². The van der Waals surface area contributed by atoms with Crippen molar-refractivity contribution in [3.8, 4) is 5.75 Å². The van der Waals surface area contributed by atoms with Crippen LogP contribution in [-0.2, 0) is 16.1 Å². The van der Waals surface area contributed by atoms with Crippen LogP contribution in [0.5, 0.6) is 5.75 Å². The number of nitrogens with one attached hydrogen (secondary N) is 1. The first-order valence-electron chi connectivity index (χ1n) is 11.1. The number of ether oxygens (including phenoxy) is 2. The van der Waals surface area contributed by atoms with Crippen LogP contribution in [0.1, 0.15) is 34.8 Å². The lowest BCUT2D eigenvalue weighted by Crippen LogP contribution is -2.31. The van der Waals surface area contributed by atoms with E-state index in [1.165, 1.54) is 19.2 Å². The molecule has 9 nitrogen and oxygen atoms in total. The number of methoxy groups -OCH3 is 1. The maximum absolute atomic E-state index is 13.5. The Bertz CT molecular complexity index is 1140. The number of carbonyl (C=O) groups is 2. The van der Waals surface area contributed by atoms with E-state index in [0.717, 1.165) is 18.1 Å². The molecule has 1 heterocycles. The molecule has 1 fully saturated rings. The summed E-state index contributed by atoms with van der Waals surface area (Å²) in [5.74, 6) is -1.34. The molecule has 2 amide bonds. The fraction of sp³-hybridized carbons (Fsp3) is 0.320. The van der Waals surface area contributed by atoms with Gasteiger partial charge in [-0.2, -0.15) is 0 Å². The van der Waals surface area contributed by atoms with Crippen LogP contribution >= 0.6 is 0 Å². The molecule has 0 aliphatic carbocycles. The number of halogens is 1. The Kier molecular flexibility index (Phi) is 8.43. The molecule has 0 aromatic heterocycles. The largest absolute Gasteiger partial charge is 0.496 e. The number of aliphatic imine (C=N–C) groups is 1. The lowest BCUT2D eigenvalue weighted by Gasteiger charge is -2.16. The Balaban J connectivity index is 1.74. The number of nitrogens with zero attached hydrogens (tertiary/aromatic N) is 1. The topological polar surface area (TPSA) is 155 Å². The van der Waals surface area contributed by atoms with Crippen LogP contribution in [0.2, 0.25) is 0 Å². The van der Waals surface area contributed by atoms with Crippen molar-refractivity contribution in [2.45, 2.75) is 25.9 Å². The van der Waals surface area contributed by atoms with Gasteiger partial charge in [-0.25, -0.2) is 4.39 Å². The predicted molar refractivity (Wildman–Crippen MR) is 131 cm³/mol. The van der Waals surface area contributed by atoms with E-state index < -0.39 is 17.6 Å². The van der Waals surface area contributed by atoms with E-state index in [2.05, 4.69) is 10.3 Å². The monoisotopic (exact) mass is 483 g/mol. The minimum atomic E-state index is -0.779. The average molecular weight is 484 g/mol. The maximum atomic E-state index is 13.5. The van der Waals surface area contributed by atoms with Gasteiger partial charge in [0.2, 0.25) is 0 Å². The third kappa shape index (κ3) is 6.36. The average Bonchev–Trinajstić information content (AvgIpc) is 3.38. The number of primary amides is 1. The second-order valence-corrected chi connectivity index (χ2v) is 8.26. The molecule has 2 unspecified atom stereocenters. The molecule has 2 aromatic carbocycles. The molecular weight excluding hydrogens is 453 g/mol. The quantitative estimate of drug-likeness (QED) is 0.242. The zero-order chi connectivity index (χ0) is 25.5. The van der Waals surface area contributed by atoms with Gasteiger partial charge < -0.3 is 32.0 Å². The molecule has 7 N–H and O–H groups in total. The normalized spacial score (nSPS) is 17.5. The molecule has 2 atom stereocenters. The number of carbonyl (C=O) groups excluding carboxylic acids is 2. The van der Waals surface area contributed by atoms with Gasteiger partial charge >= 0.3 is 0 Å². The molecule has 0 saturated carbocycles. The summed E-state index contributed by atoms with van der Waals surface area (Å²) in [6, 6.07) is 10.4. The number of amides is 2. The number of hydrogen-bond donors (Lipinski definition) is 4. The second-order valence-electron chi connectivity index (χ2n) is 8.26. The first-order valence-corrected chi connectivity index (χ1v) is 11.1. The van der Waals surface area contributed by atoms with Crippen LogP contribution < -0.4 is 27.3 Å². The first-order chi connectivity index (χ1) is 16.7. The highest BCUT2D eigenvalue weighted by Gasteiger charge is 2.24. The van der Waals surface area contributed by atoms with Crippen molar-refractivity contribution in [2.24, 2.45) is 28.1 Å². The molecule has 1 aliphatic rings. The van der Waals surface area contributed by atoms with Crippen LogP contribution in [0.15, 0.2) is 53.0 Å². The van der Waals surface area contributed by atoms with Gasteiger partial charge in [0.1, 0.15) is 23.0 Å². The fourth-order valence-electron chi connectivity index (χ4n) is 3.80. The summed E-state index contributed by atoms with van der Waals surface area (Å²) < 4.78 is 24.1. The number of benzene rings is 2. The third-order valence-electron chi connectivity index (χ3n) is 5.89. The molecule has 186 valence electrons. The smallest absolute Gasteiger partial charge is 0.255 e. The first kappa shape index (κ1) is 25.7. The zero-order valence-corrected chi connectivity index (χ0v) is 19.7. The van der Waals surface area contributed by atoms with E-state index in [4.69, 9.17) is 26.7 Å². The molecule has 0 radical (unpaired) electrons. The maximum Gasteiger partial charge on any atom is 0.255 e. The van der Waals surface area contributed by atoms with Crippen LogP contribution in [-0.4, -0.2) is 44.0 Å². The number of rotatable bonds is 9. The van der Waals surface area contributed by atoms with Gasteiger partial charge in [-0.3, -0.25) is 14.6 Å². The predicted octanol–water partition coefficient (Wildman–Crippen LogP) is 1.70. The van der Waals surface area contributed by atoms with E-state index in [1.807, 2.05) is 6.92 Å². The second kappa shape index (κ2) is 11.5. The Labute approximate surface area is 203 Å². The molecule has 1 saturated heterocycles. The minimum Gasteiger partial charge on any atom is -0.496 e. The molecule has 3 rings (SSSR count). The van der Waals surface area contributed by atoms with Crippen molar-refractivity contribution in [1.29, 1.82) is 0 Å². The molecule has 0 spiro atoms. The SMILES string of the molecule is COc1ccc(F)cc1C(=O)NCc1ccc(C(N)=C(C(N)=O)C(N)=NC(C)C2CCOC2)cc1. The van der Waals surface area contributed by atoms with Crippen LogP contribution in [0.4, 0.5) is 4.39 Å². The molecule has 35 heavy (non-hydrogen) atoms. The van der Waals surface area contributed by atoms with Gasteiger partial charge in [0, 0.05) is 19.1 Å². The Morgan fingerprint density at radius 3 is 2.51 bits per heavy atom. The molecule has 10 heteroatoms. The van der Waals surface area contributed by atoms with E-state index in [1.54, 1.807) is 24.3 Å². The van der Waals surface area contributed by atoms with Crippen LogP contribution in [0.25, 0.3) is 5.70 Å². The standard InChI is InChI=1S/C25H30FN5O4/c1-14(17-9-10-35-13-17)31-23(28)21(24(29)32)22(27)16-5-3-15(4-6-16)12-30-25(33)19-11-18(26)7-8-20(19)34-2/h3-8,11,14,17H,9-10,12-13,27H2,1-2H3,(H2,28,31)(H2,29,32)(H,30,33). The highest BCUT2D eigenvalue weighted by Crippen LogP contribution is 2.21. The Morgan fingerprint density at radius 1 is 1.20 bits per heavy atom. The summed E-state index contributed by atoms with van der Waals surface area (Å²) in [5.41, 5.74) is 19.3. The highest BCUT2D eigenvalue weighted by atomic mass is 19.1. The zero-order valence-electron chi connectivity index (χ0n) is 19.7. The number of nitrogens with two attached hydrogens (primary N) is 3.